The highest BCUT2D eigenvalue weighted by Gasteiger charge is 2.30. The van der Waals surface area contributed by atoms with Crippen LogP contribution in [-0.4, -0.2) is 24.7 Å². The Labute approximate surface area is 193 Å². The smallest absolute Gasteiger partial charge is 0.122 e. The minimum atomic E-state index is 0.304. The van der Waals surface area contributed by atoms with Crippen LogP contribution in [0.3, 0.4) is 0 Å². The molecular formula is C29H36N2O. The SMILES string of the molecule is CNC1COc2ccc(-c3nc([C@H](C)C4=CCC(C5CC5)CC=C4)c(C)cc3C)cc2C1. The highest BCUT2D eigenvalue weighted by atomic mass is 16.5. The van der Waals surface area contributed by atoms with Crippen molar-refractivity contribution in [3.8, 4) is 17.0 Å². The van der Waals surface area contributed by atoms with E-state index in [-0.39, 0.29) is 0 Å². The highest BCUT2D eigenvalue weighted by molar-refractivity contribution is 5.66. The van der Waals surface area contributed by atoms with Crippen molar-refractivity contribution in [2.75, 3.05) is 13.7 Å². The quantitative estimate of drug-likeness (QED) is 0.607. The molecule has 0 saturated heterocycles. The van der Waals surface area contributed by atoms with Crippen LogP contribution in [0.15, 0.2) is 48.1 Å². The van der Waals surface area contributed by atoms with E-state index in [9.17, 15) is 0 Å². The molecule has 3 nitrogen and oxygen atoms in total. The number of hydrogen-bond acceptors (Lipinski definition) is 3. The molecule has 0 amide bonds. The van der Waals surface area contributed by atoms with Crippen LogP contribution in [0.4, 0.5) is 0 Å². The number of fused-ring (bicyclic) bond motifs is 1. The maximum atomic E-state index is 5.95. The molecular weight excluding hydrogens is 392 g/mol. The molecule has 0 radical (unpaired) electrons. The number of aromatic nitrogens is 1. The minimum Gasteiger partial charge on any atom is -0.492 e. The van der Waals surface area contributed by atoms with Gasteiger partial charge in [-0.2, -0.15) is 0 Å². The molecule has 5 rings (SSSR count). The first kappa shape index (κ1) is 21.5. The van der Waals surface area contributed by atoms with E-state index in [2.05, 4.69) is 68.6 Å². The monoisotopic (exact) mass is 428 g/mol. The van der Waals surface area contributed by atoms with Gasteiger partial charge in [-0.25, -0.2) is 0 Å². The van der Waals surface area contributed by atoms with Crippen molar-refractivity contribution in [1.29, 1.82) is 0 Å². The molecule has 0 bridgehead atoms. The lowest BCUT2D eigenvalue weighted by atomic mass is 9.90. The first-order valence-corrected chi connectivity index (χ1v) is 12.3. The largest absolute Gasteiger partial charge is 0.492 e. The van der Waals surface area contributed by atoms with Gasteiger partial charge in [-0.05, 0) is 105 Å². The first-order chi connectivity index (χ1) is 15.5. The molecule has 2 heterocycles. The Morgan fingerprint density at radius 2 is 1.91 bits per heavy atom. The van der Waals surface area contributed by atoms with Crippen LogP contribution in [-0.2, 0) is 6.42 Å². The van der Waals surface area contributed by atoms with Gasteiger partial charge in [0.25, 0.3) is 0 Å². The van der Waals surface area contributed by atoms with Crippen LogP contribution in [0, 0.1) is 25.7 Å². The molecule has 1 N–H and O–H groups in total. The molecule has 1 saturated carbocycles. The number of aryl methyl sites for hydroxylation is 2. The normalized spacial score (nSPS) is 23.7. The lowest BCUT2D eigenvalue weighted by Crippen LogP contribution is -2.36. The topological polar surface area (TPSA) is 34.1 Å². The number of likely N-dealkylation sites (N-methyl/N-ethyl adjacent to an activating group) is 1. The predicted octanol–water partition coefficient (Wildman–Crippen LogP) is 6.29. The van der Waals surface area contributed by atoms with Gasteiger partial charge in [0, 0.05) is 17.5 Å². The van der Waals surface area contributed by atoms with E-state index in [0.717, 1.165) is 36.3 Å². The van der Waals surface area contributed by atoms with Crippen molar-refractivity contribution in [2.24, 2.45) is 11.8 Å². The summed E-state index contributed by atoms with van der Waals surface area (Å²) in [4.78, 5) is 5.27. The lowest BCUT2D eigenvalue weighted by Gasteiger charge is -2.25. The second-order valence-electron chi connectivity index (χ2n) is 10.1. The third kappa shape index (κ3) is 4.28. The number of allylic oxidation sites excluding steroid dienone is 4. The number of nitrogens with zero attached hydrogens (tertiary/aromatic N) is 1. The number of benzene rings is 1. The van der Waals surface area contributed by atoms with Gasteiger partial charge in [-0.15, -0.1) is 0 Å². The average molecular weight is 429 g/mol. The highest BCUT2D eigenvalue weighted by Crippen LogP contribution is 2.42. The minimum absolute atomic E-state index is 0.304. The molecule has 3 atom stereocenters. The molecule has 2 aromatic rings. The summed E-state index contributed by atoms with van der Waals surface area (Å²) >= 11 is 0. The van der Waals surface area contributed by atoms with E-state index in [0.29, 0.717) is 12.0 Å². The number of ether oxygens (including phenoxy) is 1. The lowest BCUT2D eigenvalue weighted by molar-refractivity contribution is 0.245. The molecule has 1 aliphatic heterocycles. The zero-order valence-corrected chi connectivity index (χ0v) is 19.9. The van der Waals surface area contributed by atoms with Crippen LogP contribution in [0.5, 0.6) is 5.75 Å². The number of hydrogen-bond donors (Lipinski definition) is 1. The fourth-order valence-electron chi connectivity index (χ4n) is 5.48. The Kier molecular flexibility index (Phi) is 5.94. The van der Waals surface area contributed by atoms with E-state index >= 15 is 0 Å². The summed E-state index contributed by atoms with van der Waals surface area (Å²) in [6, 6.07) is 9.25. The molecule has 0 spiro atoms. The van der Waals surface area contributed by atoms with Gasteiger partial charge >= 0.3 is 0 Å². The van der Waals surface area contributed by atoms with E-state index in [1.807, 2.05) is 7.05 Å². The van der Waals surface area contributed by atoms with E-state index in [1.54, 1.807) is 0 Å². The van der Waals surface area contributed by atoms with E-state index in [1.165, 1.54) is 59.2 Å². The predicted molar refractivity (Wildman–Crippen MR) is 132 cm³/mol. The van der Waals surface area contributed by atoms with Gasteiger partial charge in [-0.1, -0.05) is 31.2 Å². The van der Waals surface area contributed by atoms with Crippen molar-refractivity contribution in [1.82, 2.24) is 10.3 Å². The summed E-state index contributed by atoms with van der Waals surface area (Å²) in [5.74, 6) is 3.13. The molecule has 2 aliphatic carbocycles. The summed E-state index contributed by atoms with van der Waals surface area (Å²) in [6.07, 6.45) is 13.6. The standard InChI is InChI=1S/C29H36N2O/c1-18-14-19(2)29(24-12-13-27-25(15-24)16-26(30-4)17-32-27)31-28(18)20(3)21-6-5-7-22(9-8-21)23-10-11-23/h5-6,8,12-15,20,22-23,26,30H,7,9-11,16-17H2,1-4H3/t20-,22?,26?/m1/s1. The van der Waals surface area contributed by atoms with Crippen molar-refractivity contribution in [3.05, 3.63) is 70.5 Å². The molecule has 3 heteroatoms. The van der Waals surface area contributed by atoms with Crippen LogP contribution in [0.1, 0.15) is 60.9 Å². The molecule has 1 fully saturated rings. The maximum Gasteiger partial charge on any atom is 0.122 e. The van der Waals surface area contributed by atoms with Gasteiger partial charge in [0.2, 0.25) is 0 Å². The van der Waals surface area contributed by atoms with Crippen LogP contribution in [0.2, 0.25) is 0 Å². The van der Waals surface area contributed by atoms with Crippen molar-refractivity contribution >= 4 is 0 Å². The van der Waals surface area contributed by atoms with E-state index in [4.69, 9.17) is 9.72 Å². The Morgan fingerprint density at radius 1 is 1.06 bits per heavy atom. The van der Waals surface area contributed by atoms with Crippen molar-refractivity contribution in [2.45, 2.75) is 64.8 Å². The maximum absolute atomic E-state index is 5.95. The Bertz CT molecular complexity index is 1060. The first-order valence-electron chi connectivity index (χ1n) is 12.3. The summed E-state index contributed by atoms with van der Waals surface area (Å²) in [6.45, 7) is 7.44. The summed E-state index contributed by atoms with van der Waals surface area (Å²) < 4.78 is 5.95. The van der Waals surface area contributed by atoms with Gasteiger partial charge in [0.05, 0.1) is 11.4 Å². The molecule has 1 aromatic heterocycles. The van der Waals surface area contributed by atoms with Crippen molar-refractivity contribution in [3.63, 3.8) is 0 Å². The Morgan fingerprint density at radius 3 is 2.69 bits per heavy atom. The second kappa shape index (κ2) is 8.86. The van der Waals surface area contributed by atoms with Crippen molar-refractivity contribution < 1.29 is 4.74 Å². The number of nitrogens with one attached hydrogen (secondary N) is 1. The Balaban J connectivity index is 1.46. The third-order valence-electron chi connectivity index (χ3n) is 7.70. The summed E-state index contributed by atoms with van der Waals surface area (Å²) in [7, 11) is 2.01. The third-order valence-corrected chi connectivity index (χ3v) is 7.70. The average Bonchev–Trinajstić information content (AvgIpc) is 3.64. The molecule has 32 heavy (non-hydrogen) atoms. The Hall–Kier alpha value is -2.39. The molecule has 2 unspecified atom stereocenters. The second-order valence-corrected chi connectivity index (χ2v) is 10.1. The number of rotatable bonds is 5. The van der Waals surface area contributed by atoms with Gasteiger partial charge < -0.3 is 10.1 Å². The van der Waals surface area contributed by atoms with Crippen LogP contribution >= 0.6 is 0 Å². The fourth-order valence-corrected chi connectivity index (χ4v) is 5.48. The molecule has 1 aromatic carbocycles. The fraction of sp³-hybridized carbons (Fsp3) is 0.483. The van der Waals surface area contributed by atoms with Gasteiger partial charge in [0.1, 0.15) is 12.4 Å². The molecule has 3 aliphatic rings. The number of pyridine rings is 1. The van der Waals surface area contributed by atoms with E-state index < -0.39 is 0 Å². The zero-order chi connectivity index (χ0) is 22.2. The summed E-state index contributed by atoms with van der Waals surface area (Å²) in [5.41, 5.74) is 8.70. The van der Waals surface area contributed by atoms with Gasteiger partial charge in [-0.3, -0.25) is 4.98 Å². The molecule has 168 valence electrons. The van der Waals surface area contributed by atoms with Crippen LogP contribution in [0.25, 0.3) is 11.3 Å². The summed E-state index contributed by atoms with van der Waals surface area (Å²) in [5, 5.41) is 3.35. The zero-order valence-electron chi connectivity index (χ0n) is 19.9. The van der Waals surface area contributed by atoms with Crippen LogP contribution < -0.4 is 10.1 Å². The van der Waals surface area contributed by atoms with Gasteiger partial charge in [0.15, 0.2) is 0 Å².